The molecule has 0 aliphatic carbocycles. The molecule has 0 radical (unpaired) electrons. The number of aliphatic hydroxyl groups is 3. The second kappa shape index (κ2) is 43.4. The van der Waals surface area contributed by atoms with Gasteiger partial charge in [-0.05, 0) is 81.8 Å². The third-order valence-electron chi connectivity index (χ3n) is 21.2. The van der Waals surface area contributed by atoms with Crippen LogP contribution in [0.4, 0.5) is 52.7 Å². The molecule has 0 saturated carbocycles. The van der Waals surface area contributed by atoms with Gasteiger partial charge in [-0.3, -0.25) is 57.5 Å². The van der Waals surface area contributed by atoms with Crippen LogP contribution >= 0.6 is 0 Å². The lowest BCUT2D eigenvalue weighted by Gasteiger charge is -2.38. The third-order valence-corrected chi connectivity index (χ3v) is 21.2. The summed E-state index contributed by atoms with van der Waals surface area (Å²) in [5, 5.41) is 87.8. The van der Waals surface area contributed by atoms with Gasteiger partial charge in [-0.25, -0.2) is 13.2 Å². The molecule has 3 unspecified atom stereocenters. The molecule has 16 N–H and O–H groups in total. The van der Waals surface area contributed by atoms with E-state index in [9.17, 15) is 141 Å². The number of likely N-dealkylation sites (N-methyl/N-ethyl adjacent to an activating group) is 1. The number of benzene rings is 3. The monoisotopic (exact) mass is 1810 g/mol. The van der Waals surface area contributed by atoms with Gasteiger partial charge in [0.1, 0.15) is 47.5 Å². The molecule has 6 heterocycles. The molecule has 3 aliphatic heterocycles. The normalized spacial score (nSPS) is 25.5. The summed E-state index contributed by atoms with van der Waals surface area (Å²) in [6, 6.07) is 0.308. The topological polar surface area (TPSA) is 498 Å². The number of aromatic hydroxyl groups is 3. The van der Waals surface area contributed by atoms with Crippen molar-refractivity contribution >= 4 is 70.9 Å². The number of aromatic nitrogens is 3. The lowest BCUT2D eigenvalue weighted by molar-refractivity contribution is -0.166. The number of phenolic OH excluding ortho intramolecular Hbond substituents is 3. The van der Waals surface area contributed by atoms with Crippen LogP contribution in [0.2, 0.25) is 0 Å². The molecule has 3 aromatic carbocycles. The van der Waals surface area contributed by atoms with Crippen LogP contribution in [0.1, 0.15) is 131 Å². The molecule has 9 rings (SSSR count). The van der Waals surface area contributed by atoms with E-state index in [2.05, 4.69) is 68.1 Å². The zero-order valence-electron chi connectivity index (χ0n) is 70.0. The largest absolute Gasteiger partial charge is 0.507 e. The van der Waals surface area contributed by atoms with Crippen molar-refractivity contribution in [1.82, 2.24) is 73.0 Å². The smallest absolute Gasteiger partial charge is 0.312 e. The van der Waals surface area contributed by atoms with Gasteiger partial charge in [-0.1, -0.05) is 91.8 Å². The van der Waals surface area contributed by atoms with Gasteiger partial charge in [-0.15, -0.1) is 0 Å². The van der Waals surface area contributed by atoms with E-state index in [1.807, 2.05) is 0 Å². The summed E-state index contributed by atoms with van der Waals surface area (Å²) in [4.78, 5) is 167. The molecule has 0 bridgehead atoms. The highest BCUT2D eigenvalue weighted by molar-refractivity contribution is 6.02. The van der Waals surface area contributed by atoms with Crippen LogP contribution in [0.25, 0.3) is 0 Å². The maximum Gasteiger partial charge on any atom is 0.312 e. The molecule has 0 spiro atoms. The summed E-state index contributed by atoms with van der Waals surface area (Å²) in [5.41, 5.74) is -4.03. The Kier molecular flexibility index (Phi) is 34.6. The molecular weight excluding hydrogens is 1710 g/mol. The van der Waals surface area contributed by atoms with E-state index in [4.69, 9.17) is 4.74 Å². The predicted octanol–water partition coefficient (Wildman–Crippen LogP) is 3.25. The Balaban J connectivity index is 0.000000261. The van der Waals surface area contributed by atoms with E-state index in [0.717, 1.165) is 11.8 Å². The number of aliphatic hydroxyl groups excluding tert-OH is 3. The van der Waals surface area contributed by atoms with Crippen molar-refractivity contribution in [2.24, 2.45) is 35.5 Å². The van der Waals surface area contributed by atoms with Gasteiger partial charge in [0, 0.05) is 43.0 Å². The highest BCUT2D eigenvalue weighted by Crippen LogP contribution is 2.30. The molecular formula is C82H94F12N14O19. The summed E-state index contributed by atoms with van der Waals surface area (Å²) in [5.74, 6) is -41.6. The molecule has 690 valence electrons. The lowest BCUT2D eigenvalue weighted by atomic mass is 9.90. The molecule has 45 heteroatoms. The Labute approximate surface area is 716 Å². The molecule has 3 aliphatic rings. The molecule has 3 saturated heterocycles. The number of rotatable bonds is 15. The first-order valence-electron chi connectivity index (χ1n) is 39.3. The lowest BCUT2D eigenvalue weighted by Crippen LogP contribution is -2.64. The Morgan fingerprint density at radius 1 is 0.386 bits per heavy atom. The standard InChI is InChI=1S/C28H33F4N5O6.C27H31F4N5O6.C27H30F4N4O7/c1-11(2)21-27(42)33-13(4)20(35-25(40)14-8-6-7-9-17(14)38)26(41)34-16(22(39)12(3)28(43)37(21)5)10-15-18(29)19(30)24(32)36-23(15)31;1-10(2)19-26(41)32-12(4)20(35-25(40)13-7-5-6-8-16(13)37)27(42)33-15(21(38)11(3)24(39)34-19)9-14-17(28)18(29)23(31)36-22(14)30;1-10(2)21-26(40)32-12(4)19(34-24(38)13-7-5-6-8-16(13)36)25(39)33-15(20(37)11(3)27(41)42-21)9-14-17(28)18(29)23(31)35-22(14)30/h6-9,11-13,16,20-22,38-39H,10H2,1-5H3,(H,33,42)(H,34,41)(H,35,40);5-8,10-12,15,19-21,37-38H,9H2,1-4H3,(H,32,41)(H,33,42)(H,34,39)(H,35,40);5-8,10-12,15,19-21,36-37H,9H2,1-4H3,(H,32,40)(H,33,39)(H,34,38)/t12-,13-,16+,20+,21?,22+;11-,12-,15+,19?,20+,21+;11-,12-,15+,19+,20+,21?/m111/s1. The number of hydrogen-bond acceptors (Lipinski definition) is 22. The highest BCUT2D eigenvalue weighted by atomic mass is 19.2. The summed E-state index contributed by atoms with van der Waals surface area (Å²) in [6.45, 7) is 17.3. The predicted molar refractivity (Wildman–Crippen MR) is 418 cm³/mol. The van der Waals surface area contributed by atoms with Crippen molar-refractivity contribution in [2.45, 2.75) is 193 Å². The summed E-state index contributed by atoms with van der Waals surface area (Å²) < 4.78 is 175. The zero-order valence-corrected chi connectivity index (χ0v) is 70.0. The first kappa shape index (κ1) is 101. The zero-order chi connectivity index (χ0) is 95.3. The molecule has 18 atom stereocenters. The van der Waals surface area contributed by atoms with Crippen LogP contribution in [-0.2, 0) is 67.2 Å². The van der Waals surface area contributed by atoms with Crippen molar-refractivity contribution in [3.8, 4) is 17.2 Å². The number of esters is 1. The fourth-order valence-electron chi connectivity index (χ4n) is 13.8. The minimum atomic E-state index is -2.10. The van der Waals surface area contributed by atoms with Gasteiger partial charge in [0.2, 0.25) is 76.6 Å². The van der Waals surface area contributed by atoms with E-state index in [1.165, 1.54) is 114 Å². The number of phenols is 3. The number of halogens is 12. The van der Waals surface area contributed by atoms with E-state index in [1.54, 1.807) is 41.5 Å². The summed E-state index contributed by atoms with van der Waals surface area (Å²) in [6.07, 6.45) is -10.1. The Morgan fingerprint density at radius 2 is 0.693 bits per heavy atom. The number of nitrogens with one attached hydrogen (secondary N) is 10. The van der Waals surface area contributed by atoms with Crippen molar-refractivity contribution in [3.05, 3.63) is 177 Å². The van der Waals surface area contributed by atoms with Crippen molar-refractivity contribution < 1.29 is 146 Å². The van der Waals surface area contributed by atoms with Gasteiger partial charge < -0.3 is 93.4 Å². The van der Waals surface area contributed by atoms with Crippen molar-refractivity contribution in [1.29, 1.82) is 0 Å². The molecule has 3 fully saturated rings. The number of cyclic esters (lactones) is 1. The maximum absolute atomic E-state index is 14.6. The molecule has 11 amide bonds. The fourth-order valence-corrected chi connectivity index (χ4v) is 13.8. The number of carbonyl (C=O) groups excluding carboxylic acids is 12. The SMILES string of the molecule is CC(C)C1C(=O)N[C@H](C)[C@H](NC(=O)c2ccccc2O)C(=O)N[C@@H](Cc2c(F)nc(F)c(F)c2F)[C@@H](O)[C@@H](C)C(=O)N1C.CC(C)C1NC(=O)[C@H](C)[C@H](O)[C@H](Cc2c(F)nc(F)c(F)c2F)NC(=O)[C@@H](NC(=O)c2ccccc2O)[C@@H](C)NC1=O.CC(C)C1OC(=O)[C@H](C)[C@H](O)[C@H](Cc2c(F)nc(F)c(F)c2F)NC(=O)[C@@H](NC(=O)c2ccccc2O)[C@@H](C)NC1=O. The molecule has 33 nitrogen and oxygen atoms in total. The Bertz CT molecular complexity index is 4940. The van der Waals surface area contributed by atoms with Gasteiger partial charge in [0.25, 0.3) is 41.5 Å². The number of carbonyl (C=O) groups is 12. The fraction of sp³-hybridized carbons (Fsp3) is 0.451. The summed E-state index contributed by atoms with van der Waals surface area (Å²) >= 11 is 0. The van der Waals surface area contributed by atoms with Crippen LogP contribution in [0.5, 0.6) is 17.2 Å². The van der Waals surface area contributed by atoms with Crippen LogP contribution in [0.3, 0.4) is 0 Å². The number of nitrogens with zero attached hydrogens (tertiary/aromatic N) is 4. The van der Waals surface area contributed by atoms with Gasteiger partial charge in [0.05, 0.1) is 89.0 Å². The second-order valence-electron chi connectivity index (χ2n) is 31.5. The maximum atomic E-state index is 14.6. The van der Waals surface area contributed by atoms with Crippen LogP contribution in [0, 0.1) is 106 Å². The third kappa shape index (κ3) is 24.3. The Hall–Kier alpha value is -12.8. The average Bonchev–Trinajstić information content (AvgIpc) is 0.801. The first-order valence-corrected chi connectivity index (χ1v) is 39.3. The van der Waals surface area contributed by atoms with E-state index in [-0.39, 0.29) is 16.7 Å². The van der Waals surface area contributed by atoms with Gasteiger partial charge in [0.15, 0.2) is 23.6 Å². The number of amides is 11. The van der Waals surface area contributed by atoms with Gasteiger partial charge in [-0.2, -0.15) is 54.5 Å². The number of hydrogen-bond donors (Lipinski definition) is 16. The van der Waals surface area contributed by atoms with Crippen LogP contribution in [-0.4, -0.2) is 219 Å². The molecule has 3 aromatic heterocycles. The minimum Gasteiger partial charge on any atom is -0.507 e. The molecule has 6 aromatic rings. The minimum absolute atomic E-state index is 0.215. The van der Waals surface area contributed by atoms with Crippen molar-refractivity contribution in [3.63, 3.8) is 0 Å². The van der Waals surface area contributed by atoms with E-state index < -0.39 is 321 Å². The number of ether oxygens (including phenoxy) is 1. The number of pyridine rings is 3. The highest BCUT2D eigenvalue weighted by Gasteiger charge is 2.46. The summed E-state index contributed by atoms with van der Waals surface area (Å²) in [7, 11) is 1.32. The van der Waals surface area contributed by atoms with E-state index in [0.29, 0.717) is 0 Å². The number of para-hydroxylation sites is 3. The van der Waals surface area contributed by atoms with Crippen LogP contribution in [0.15, 0.2) is 72.8 Å². The quantitative estimate of drug-likeness (QED) is 0.0398. The van der Waals surface area contributed by atoms with Gasteiger partial charge >= 0.3 is 5.97 Å². The average molecular weight is 1810 g/mol. The van der Waals surface area contributed by atoms with Crippen LogP contribution < -0.4 is 53.2 Å². The van der Waals surface area contributed by atoms with E-state index >= 15 is 0 Å². The Morgan fingerprint density at radius 3 is 1.01 bits per heavy atom. The second-order valence-corrected chi connectivity index (χ2v) is 31.5. The first-order chi connectivity index (χ1) is 59.3. The van der Waals surface area contributed by atoms with Crippen molar-refractivity contribution in [2.75, 3.05) is 7.05 Å². The molecule has 127 heavy (non-hydrogen) atoms.